The van der Waals surface area contributed by atoms with Crippen molar-refractivity contribution in [1.29, 1.82) is 0 Å². The Morgan fingerprint density at radius 3 is 2.60 bits per heavy atom. The van der Waals surface area contributed by atoms with Crippen LogP contribution in [0.1, 0.15) is 10.4 Å². The highest BCUT2D eigenvalue weighted by Gasteiger charge is 2.28. The maximum atomic E-state index is 13.0. The van der Waals surface area contributed by atoms with Crippen molar-refractivity contribution < 1.29 is 23.1 Å². The maximum absolute atomic E-state index is 13.0. The third kappa shape index (κ3) is 5.63. The van der Waals surface area contributed by atoms with Crippen molar-refractivity contribution in [3.05, 3.63) is 40.5 Å². The van der Waals surface area contributed by atoms with E-state index < -0.39 is 10.0 Å². The normalized spacial score (nSPS) is 15.2. The third-order valence-corrected chi connectivity index (χ3v) is 8.33. The number of hydrogen-bond donors (Lipinski definition) is 3. The summed E-state index contributed by atoms with van der Waals surface area (Å²) in [4.78, 5) is 22.0. The number of aromatic amines is 1. The number of likely N-dealkylation sites (N-methyl/N-ethyl adjacent to an activating group) is 1. The molecule has 0 atom stereocenters. The Labute approximate surface area is 218 Å². The number of piperazine rings is 1. The van der Waals surface area contributed by atoms with Crippen LogP contribution in [0.25, 0.3) is 22.2 Å². The van der Waals surface area contributed by atoms with E-state index in [1.54, 1.807) is 25.3 Å². The number of carbonyl (C=O) groups is 1. The van der Waals surface area contributed by atoms with E-state index in [9.17, 15) is 18.3 Å². The molecule has 1 aliphatic rings. The van der Waals surface area contributed by atoms with Crippen LogP contribution in [0.3, 0.4) is 0 Å². The first-order chi connectivity index (χ1) is 16.2. The number of carbonyl (C=O) groups excluding carboxylic acids is 1. The van der Waals surface area contributed by atoms with Gasteiger partial charge in [0.1, 0.15) is 4.90 Å². The van der Waals surface area contributed by atoms with Crippen molar-refractivity contribution in [1.82, 2.24) is 24.5 Å². The average Bonchev–Trinajstić information content (AvgIpc) is 3.13. The summed E-state index contributed by atoms with van der Waals surface area (Å²) in [6, 6.07) is 6.41. The SMILES string of the molecule is COCCNC(=O)c1cc2c(-c3ccc(S(=O)(=O)N4CCN(C)CC4)cn3)c(O)[nH]c2cc1Br.Cl. The molecule has 4 rings (SSSR count). The predicted octanol–water partition coefficient (Wildman–Crippen LogP) is 2.43. The number of fused-ring (bicyclic) bond motifs is 1. The van der Waals surface area contributed by atoms with Gasteiger partial charge in [-0.15, -0.1) is 12.4 Å². The van der Waals surface area contributed by atoms with E-state index in [0.717, 1.165) is 0 Å². The molecule has 1 aromatic carbocycles. The monoisotopic (exact) mass is 587 g/mol. The summed E-state index contributed by atoms with van der Waals surface area (Å²) >= 11 is 3.41. The fourth-order valence-electron chi connectivity index (χ4n) is 3.85. The molecule has 0 aliphatic carbocycles. The first-order valence-electron chi connectivity index (χ1n) is 10.7. The van der Waals surface area contributed by atoms with Gasteiger partial charge in [-0.1, -0.05) is 0 Å². The van der Waals surface area contributed by atoms with E-state index >= 15 is 0 Å². The van der Waals surface area contributed by atoms with Crippen LogP contribution in [0.4, 0.5) is 0 Å². The Kier molecular flexibility index (Phi) is 8.78. The molecule has 35 heavy (non-hydrogen) atoms. The van der Waals surface area contributed by atoms with Crippen molar-refractivity contribution in [3.8, 4) is 17.1 Å². The highest BCUT2D eigenvalue weighted by molar-refractivity contribution is 9.10. The van der Waals surface area contributed by atoms with Gasteiger partial charge in [0.15, 0.2) is 5.88 Å². The molecule has 0 radical (unpaired) electrons. The fraction of sp³-hybridized carbons (Fsp3) is 0.364. The van der Waals surface area contributed by atoms with Crippen LogP contribution in [0, 0.1) is 0 Å². The molecule has 3 N–H and O–H groups in total. The molecule has 0 bridgehead atoms. The largest absolute Gasteiger partial charge is 0.494 e. The van der Waals surface area contributed by atoms with Crippen LogP contribution in [0.15, 0.2) is 39.8 Å². The van der Waals surface area contributed by atoms with Crippen LogP contribution < -0.4 is 5.32 Å². The number of hydrogen-bond acceptors (Lipinski definition) is 7. The van der Waals surface area contributed by atoms with E-state index in [1.807, 2.05) is 7.05 Å². The van der Waals surface area contributed by atoms with Gasteiger partial charge in [0, 0.05) is 55.9 Å². The first-order valence-corrected chi connectivity index (χ1v) is 12.9. The van der Waals surface area contributed by atoms with Crippen molar-refractivity contribution in [2.75, 3.05) is 53.5 Å². The summed E-state index contributed by atoms with van der Waals surface area (Å²) in [5.74, 6) is -0.417. The number of aromatic nitrogens is 2. The Balaban J connectivity index is 0.00000342. The standard InChI is InChI=1S/C22H26BrN5O5S.ClH/c1-27-6-8-28(9-7-27)34(31,32)14-3-4-18(25-13-14)20-16-11-15(21(29)24-5-10-33-2)17(23)12-19(16)26-22(20)30;/h3-4,11-13,26,30H,5-10H2,1-2H3,(H,24,29);1H. The summed E-state index contributed by atoms with van der Waals surface area (Å²) in [5.41, 5.74) is 1.76. The number of amides is 1. The van der Waals surface area contributed by atoms with Gasteiger partial charge < -0.3 is 25.0 Å². The highest BCUT2D eigenvalue weighted by atomic mass is 79.9. The number of aromatic hydroxyl groups is 1. The van der Waals surface area contributed by atoms with E-state index in [2.05, 4.69) is 36.1 Å². The van der Waals surface area contributed by atoms with Gasteiger partial charge in [0.25, 0.3) is 5.91 Å². The second-order valence-corrected chi connectivity index (χ2v) is 10.9. The van der Waals surface area contributed by atoms with Crippen LogP contribution in [-0.4, -0.2) is 92.1 Å². The third-order valence-electron chi connectivity index (χ3n) is 5.80. The van der Waals surface area contributed by atoms with Crippen LogP contribution in [-0.2, 0) is 14.8 Å². The number of ether oxygens (including phenoxy) is 1. The minimum Gasteiger partial charge on any atom is -0.494 e. The second kappa shape index (κ2) is 11.2. The van der Waals surface area contributed by atoms with Gasteiger partial charge >= 0.3 is 0 Å². The predicted molar refractivity (Wildman–Crippen MR) is 139 cm³/mol. The van der Waals surface area contributed by atoms with Gasteiger partial charge in [-0.25, -0.2) is 8.42 Å². The number of nitrogens with one attached hydrogen (secondary N) is 2. The Morgan fingerprint density at radius 1 is 1.26 bits per heavy atom. The molecular formula is C22H27BrClN5O5S. The van der Waals surface area contributed by atoms with Gasteiger partial charge in [-0.2, -0.15) is 4.31 Å². The van der Waals surface area contributed by atoms with Gasteiger partial charge in [0.05, 0.1) is 28.9 Å². The lowest BCUT2D eigenvalue weighted by Gasteiger charge is -2.31. The Bertz CT molecular complexity index is 1310. The molecule has 10 nitrogen and oxygen atoms in total. The molecule has 1 amide bonds. The number of H-pyrrole nitrogens is 1. The number of pyridine rings is 1. The highest BCUT2D eigenvalue weighted by Crippen LogP contribution is 2.38. The molecule has 13 heteroatoms. The molecule has 0 saturated carbocycles. The van der Waals surface area contributed by atoms with Crippen molar-refractivity contribution >= 4 is 55.2 Å². The van der Waals surface area contributed by atoms with Crippen molar-refractivity contribution in [2.24, 2.45) is 0 Å². The zero-order valence-electron chi connectivity index (χ0n) is 19.2. The summed E-state index contributed by atoms with van der Waals surface area (Å²) in [7, 11) is -0.141. The zero-order valence-corrected chi connectivity index (χ0v) is 22.5. The molecule has 0 spiro atoms. The number of nitrogens with zero attached hydrogens (tertiary/aromatic N) is 3. The molecule has 190 valence electrons. The summed E-state index contributed by atoms with van der Waals surface area (Å²) < 4.78 is 33.0. The fourth-order valence-corrected chi connectivity index (χ4v) is 5.75. The minimum absolute atomic E-state index is 0. The molecule has 3 heterocycles. The van der Waals surface area contributed by atoms with Crippen molar-refractivity contribution in [3.63, 3.8) is 0 Å². The lowest BCUT2D eigenvalue weighted by Crippen LogP contribution is -2.47. The molecule has 1 aliphatic heterocycles. The van der Waals surface area contributed by atoms with Crippen LogP contribution in [0.2, 0.25) is 0 Å². The van der Waals surface area contributed by atoms with Crippen LogP contribution in [0.5, 0.6) is 5.88 Å². The molecule has 3 aromatic rings. The molecule has 1 saturated heterocycles. The van der Waals surface area contributed by atoms with Gasteiger partial charge in [-0.3, -0.25) is 9.78 Å². The van der Waals surface area contributed by atoms with Crippen molar-refractivity contribution in [2.45, 2.75) is 4.90 Å². The molecule has 0 unspecified atom stereocenters. The van der Waals surface area contributed by atoms with Gasteiger partial charge in [0.2, 0.25) is 10.0 Å². The van der Waals surface area contributed by atoms with E-state index in [4.69, 9.17) is 4.74 Å². The summed E-state index contributed by atoms with van der Waals surface area (Å²) in [6.45, 7) is 2.93. The Morgan fingerprint density at radius 2 is 1.97 bits per heavy atom. The lowest BCUT2D eigenvalue weighted by molar-refractivity contribution is 0.0936. The van der Waals surface area contributed by atoms with E-state index in [1.165, 1.54) is 16.6 Å². The zero-order chi connectivity index (χ0) is 24.5. The molecule has 2 aromatic heterocycles. The first kappa shape index (κ1) is 27.4. The topological polar surface area (TPSA) is 128 Å². The summed E-state index contributed by atoms with van der Waals surface area (Å²) in [5, 5.41) is 13.9. The minimum atomic E-state index is -3.65. The second-order valence-electron chi connectivity index (χ2n) is 8.06. The number of sulfonamides is 1. The smallest absolute Gasteiger partial charge is 0.252 e. The van der Waals surface area contributed by atoms with Gasteiger partial charge in [-0.05, 0) is 47.2 Å². The Hall–Kier alpha value is -2.22. The number of benzene rings is 1. The molecular weight excluding hydrogens is 562 g/mol. The number of methoxy groups -OCH3 is 1. The average molecular weight is 589 g/mol. The number of rotatable bonds is 7. The summed E-state index contributed by atoms with van der Waals surface area (Å²) in [6.07, 6.45) is 1.30. The maximum Gasteiger partial charge on any atom is 0.252 e. The number of halogens is 2. The van der Waals surface area contributed by atoms with Crippen LogP contribution >= 0.6 is 28.3 Å². The van der Waals surface area contributed by atoms with E-state index in [-0.39, 0.29) is 29.1 Å². The van der Waals surface area contributed by atoms with E-state index in [0.29, 0.717) is 71.5 Å². The lowest BCUT2D eigenvalue weighted by atomic mass is 10.1. The molecule has 1 fully saturated rings. The quantitative estimate of drug-likeness (QED) is 0.362.